The first-order chi connectivity index (χ1) is 15.9. The zero-order valence-corrected chi connectivity index (χ0v) is 19.6. The molecule has 10 heteroatoms. The van der Waals surface area contributed by atoms with E-state index in [2.05, 4.69) is 20.4 Å². The van der Waals surface area contributed by atoms with Gasteiger partial charge in [-0.1, -0.05) is 0 Å². The lowest BCUT2D eigenvalue weighted by Gasteiger charge is -2.27. The van der Waals surface area contributed by atoms with Crippen LogP contribution < -0.4 is 5.32 Å². The van der Waals surface area contributed by atoms with Gasteiger partial charge >= 0.3 is 0 Å². The average Bonchev–Trinajstić information content (AvgIpc) is 3.42. The summed E-state index contributed by atoms with van der Waals surface area (Å²) in [4.78, 5) is 39.2. The Morgan fingerprint density at radius 3 is 2.91 bits per heavy atom. The highest BCUT2D eigenvalue weighted by Crippen LogP contribution is 2.40. The van der Waals surface area contributed by atoms with Crippen LogP contribution in [0.15, 0.2) is 36.9 Å². The summed E-state index contributed by atoms with van der Waals surface area (Å²) < 4.78 is 1.81. The zero-order chi connectivity index (χ0) is 23.1. The third kappa shape index (κ3) is 4.02. The molecule has 0 saturated heterocycles. The van der Waals surface area contributed by atoms with E-state index in [9.17, 15) is 9.59 Å². The third-order valence-corrected chi connectivity index (χ3v) is 7.27. The number of hydrogen-bond acceptors (Lipinski definition) is 7. The van der Waals surface area contributed by atoms with Crippen molar-refractivity contribution in [1.82, 2.24) is 29.4 Å². The number of aryl methyl sites for hydroxylation is 1. The third-order valence-electron chi connectivity index (χ3n) is 6.10. The summed E-state index contributed by atoms with van der Waals surface area (Å²) in [5, 5.41) is 8.72. The standard InChI is InChI=1S/C23H25N7O2S/c1-28(2)19(31)12-29(3)23(32)14-4-5-17-18(10-14)33-22-20(17)21(24-13-25-22)27-15-7-9-30-16(11-15)6-8-26-30/h6-9,11,13-14H,4-5,10,12H2,1-3H3,(H,24,25,27)/t14-/m0/s1. The van der Waals surface area contributed by atoms with Crippen molar-refractivity contribution in [3.8, 4) is 0 Å². The molecule has 9 nitrogen and oxygen atoms in total. The molecule has 0 fully saturated rings. The number of hydrogen-bond donors (Lipinski definition) is 1. The SMILES string of the molecule is CN(C)C(=O)CN(C)C(=O)[C@H]1CCc2c(sc3ncnc(Nc4ccn5nccc5c4)c23)C1. The minimum atomic E-state index is -0.126. The number of likely N-dealkylation sites (N-methyl/N-ethyl adjacent to an activating group) is 2. The van der Waals surface area contributed by atoms with Crippen molar-refractivity contribution in [2.75, 3.05) is 33.0 Å². The van der Waals surface area contributed by atoms with Gasteiger partial charge in [0.1, 0.15) is 17.0 Å². The van der Waals surface area contributed by atoms with E-state index < -0.39 is 0 Å². The molecule has 1 N–H and O–H groups in total. The number of thiophene rings is 1. The van der Waals surface area contributed by atoms with Gasteiger partial charge in [0.05, 0.1) is 17.4 Å². The van der Waals surface area contributed by atoms with Crippen LogP contribution in [0.3, 0.4) is 0 Å². The number of fused-ring (bicyclic) bond motifs is 4. The number of aromatic nitrogens is 4. The van der Waals surface area contributed by atoms with Gasteiger partial charge in [-0.05, 0) is 43.0 Å². The number of rotatable bonds is 5. The van der Waals surface area contributed by atoms with Gasteiger partial charge in [0.25, 0.3) is 0 Å². The molecule has 1 atom stereocenters. The fourth-order valence-corrected chi connectivity index (χ4v) is 5.55. The molecule has 0 radical (unpaired) electrons. The molecule has 0 saturated carbocycles. The normalized spacial score (nSPS) is 15.4. The lowest BCUT2D eigenvalue weighted by atomic mass is 9.87. The number of nitrogens with one attached hydrogen (secondary N) is 1. The maximum Gasteiger partial charge on any atom is 0.241 e. The molecule has 4 aromatic heterocycles. The second-order valence-electron chi connectivity index (χ2n) is 8.57. The van der Waals surface area contributed by atoms with E-state index in [1.165, 1.54) is 15.3 Å². The second-order valence-corrected chi connectivity index (χ2v) is 9.65. The summed E-state index contributed by atoms with van der Waals surface area (Å²) in [5.41, 5.74) is 3.15. The lowest BCUT2D eigenvalue weighted by molar-refractivity contribution is -0.140. The van der Waals surface area contributed by atoms with Crippen molar-refractivity contribution in [2.45, 2.75) is 19.3 Å². The molecule has 0 spiro atoms. The van der Waals surface area contributed by atoms with Crippen LogP contribution >= 0.6 is 11.3 Å². The Morgan fingerprint density at radius 1 is 1.24 bits per heavy atom. The first kappa shape index (κ1) is 21.3. The van der Waals surface area contributed by atoms with Crippen molar-refractivity contribution < 1.29 is 9.59 Å². The highest BCUT2D eigenvalue weighted by molar-refractivity contribution is 7.19. The fraction of sp³-hybridized carbons (Fsp3) is 0.348. The number of anilines is 2. The quantitative estimate of drug-likeness (QED) is 0.489. The summed E-state index contributed by atoms with van der Waals surface area (Å²) in [7, 11) is 5.10. The van der Waals surface area contributed by atoms with Gasteiger partial charge in [-0.15, -0.1) is 11.3 Å². The largest absolute Gasteiger partial charge is 0.347 e. The summed E-state index contributed by atoms with van der Waals surface area (Å²) in [6.45, 7) is 0.0999. The van der Waals surface area contributed by atoms with Gasteiger partial charge in [0.15, 0.2) is 0 Å². The van der Waals surface area contributed by atoms with E-state index in [-0.39, 0.29) is 24.3 Å². The molecule has 4 heterocycles. The highest BCUT2D eigenvalue weighted by Gasteiger charge is 2.31. The Hall–Kier alpha value is -3.53. The summed E-state index contributed by atoms with van der Waals surface area (Å²) >= 11 is 1.63. The Balaban J connectivity index is 1.39. The second kappa shape index (κ2) is 8.43. The smallest absolute Gasteiger partial charge is 0.241 e. The van der Waals surface area contributed by atoms with Crippen LogP contribution in [0.4, 0.5) is 11.5 Å². The van der Waals surface area contributed by atoms with Gasteiger partial charge in [0, 0.05) is 50.0 Å². The first-order valence-electron chi connectivity index (χ1n) is 10.8. The highest BCUT2D eigenvalue weighted by atomic mass is 32.1. The van der Waals surface area contributed by atoms with Crippen LogP contribution in [0.5, 0.6) is 0 Å². The van der Waals surface area contributed by atoms with Crippen LogP contribution in [-0.2, 0) is 22.4 Å². The topological polar surface area (TPSA) is 95.7 Å². The van der Waals surface area contributed by atoms with Crippen molar-refractivity contribution in [2.24, 2.45) is 5.92 Å². The summed E-state index contributed by atoms with van der Waals surface area (Å²) in [5.74, 6) is 0.593. The molecule has 0 bridgehead atoms. The summed E-state index contributed by atoms with van der Waals surface area (Å²) in [6.07, 6.45) is 7.44. The molecule has 0 unspecified atom stereocenters. The molecule has 2 amide bonds. The van der Waals surface area contributed by atoms with Crippen molar-refractivity contribution >= 4 is 50.4 Å². The predicted molar refractivity (Wildman–Crippen MR) is 128 cm³/mol. The molecular formula is C23H25N7O2S. The maximum absolute atomic E-state index is 13.0. The molecule has 5 rings (SSSR count). The van der Waals surface area contributed by atoms with Gasteiger partial charge in [0.2, 0.25) is 11.8 Å². The predicted octanol–water partition coefficient (Wildman–Crippen LogP) is 2.73. The minimum Gasteiger partial charge on any atom is -0.347 e. The van der Waals surface area contributed by atoms with Crippen LogP contribution in [0.2, 0.25) is 0 Å². The monoisotopic (exact) mass is 463 g/mol. The van der Waals surface area contributed by atoms with Crippen molar-refractivity contribution in [1.29, 1.82) is 0 Å². The average molecular weight is 464 g/mol. The molecule has 170 valence electrons. The molecule has 1 aliphatic carbocycles. The number of amides is 2. The van der Waals surface area contributed by atoms with Crippen molar-refractivity contribution in [3.05, 3.63) is 47.4 Å². The Kier molecular flexibility index (Phi) is 5.45. The van der Waals surface area contributed by atoms with Gasteiger partial charge in [-0.2, -0.15) is 5.10 Å². The number of pyridine rings is 1. The van der Waals surface area contributed by atoms with E-state index in [0.29, 0.717) is 6.42 Å². The fourth-order valence-electron chi connectivity index (χ4n) is 4.29. The Morgan fingerprint density at radius 2 is 2.09 bits per heavy atom. The molecule has 4 aromatic rings. The van der Waals surface area contributed by atoms with E-state index in [1.54, 1.807) is 49.9 Å². The molecule has 33 heavy (non-hydrogen) atoms. The summed E-state index contributed by atoms with van der Waals surface area (Å²) in [6, 6.07) is 5.94. The molecule has 0 aromatic carbocycles. The van der Waals surface area contributed by atoms with E-state index in [1.807, 2.05) is 28.9 Å². The number of carbonyl (C=O) groups excluding carboxylic acids is 2. The van der Waals surface area contributed by atoms with E-state index in [0.717, 1.165) is 40.1 Å². The first-order valence-corrected chi connectivity index (χ1v) is 11.6. The number of nitrogens with zero attached hydrogens (tertiary/aromatic N) is 6. The van der Waals surface area contributed by atoms with Gasteiger partial charge in [-0.25, -0.2) is 14.5 Å². The van der Waals surface area contributed by atoms with Crippen LogP contribution in [-0.4, -0.2) is 68.9 Å². The minimum absolute atomic E-state index is 0.0202. The van der Waals surface area contributed by atoms with E-state index in [4.69, 9.17) is 0 Å². The van der Waals surface area contributed by atoms with Crippen LogP contribution in [0.25, 0.3) is 15.7 Å². The van der Waals surface area contributed by atoms with Crippen LogP contribution in [0.1, 0.15) is 16.9 Å². The maximum atomic E-state index is 13.0. The Bertz CT molecular complexity index is 1360. The van der Waals surface area contributed by atoms with Crippen molar-refractivity contribution in [3.63, 3.8) is 0 Å². The van der Waals surface area contributed by atoms with Gasteiger partial charge in [-0.3, -0.25) is 9.59 Å². The number of carbonyl (C=O) groups is 2. The lowest BCUT2D eigenvalue weighted by Crippen LogP contribution is -2.41. The molecular weight excluding hydrogens is 438 g/mol. The van der Waals surface area contributed by atoms with Crippen LogP contribution in [0, 0.1) is 5.92 Å². The van der Waals surface area contributed by atoms with Gasteiger partial charge < -0.3 is 15.1 Å². The van der Waals surface area contributed by atoms with E-state index >= 15 is 0 Å². The Labute approximate surface area is 195 Å². The zero-order valence-electron chi connectivity index (χ0n) is 18.8. The molecule has 1 aliphatic rings. The molecule has 0 aliphatic heterocycles.